The van der Waals surface area contributed by atoms with E-state index in [-0.39, 0.29) is 17.2 Å². The molecule has 0 aliphatic carbocycles. The lowest BCUT2D eigenvalue weighted by molar-refractivity contribution is -0.383. The van der Waals surface area contributed by atoms with Gasteiger partial charge >= 0.3 is 11.7 Å². The van der Waals surface area contributed by atoms with Crippen LogP contribution < -0.4 is 4.90 Å². The van der Waals surface area contributed by atoms with Crippen molar-refractivity contribution in [3.63, 3.8) is 0 Å². The number of anilines is 1. The van der Waals surface area contributed by atoms with Gasteiger partial charge in [0.15, 0.2) is 5.69 Å². The van der Waals surface area contributed by atoms with E-state index in [1.165, 1.54) is 6.33 Å². The lowest BCUT2D eigenvalue weighted by Crippen LogP contribution is -2.37. The van der Waals surface area contributed by atoms with Crippen molar-refractivity contribution < 1.29 is 14.8 Å². The van der Waals surface area contributed by atoms with Crippen LogP contribution in [0.1, 0.15) is 12.8 Å². The first-order valence-electron chi connectivity index (χ1n) is 8.13. The van der Waals surface area contributed by atoms with Gasteiger partial charge in [-0.15, -0.1) is 11.8 Å². The van der Waals surface area contributed by atoms with Gasteiger partial charge in [0.05, 0.1) is 10.8 Å². The topological polar surface area (TPSA) is 109 Å². The molecule has 1 aliphatic rings. The van der Waals surface area contributed by atoms with E-state index in [1.807, 2.05) is 30.5 Å². The highest BCUT2D eigenvalue weighted by Gasteiger charge is 2.31. The van der Waals surface area contributed by atoms with Gasteiger partial charge in [0.25, 0.3) is 0 Å². The Labute approximate surface area is 154 Å². The number of aliphatic carboxylic acids is 1. The van der Waals surface area contributed by atoms with Gasteiger partial charge in [-0.25, -0.2) is 9.97 Å². The fraction of sp³-hybridized carbons (Fsp3) is 0.353. The lowest BCUT2D eigenvalue weighted by Gasteiger charge is -2.30. The molecule has 3 rings (SSSR count). The Hall–Kier alpha value is -2.68. The number of hydrogen-bond donors (Lipinski definition) is 1. The standard InChI is InChI=1S/C17H18N4O4S/c1-26-13-4-2-11(3-5-13)14-15(21(24)25)16(19-10-18-14)20-8-6-12(7-9-20)17(22)23/h2-5,10,12H,6-9H2,1H3,(H,22,23). The summed E-state index contributed by atoms with van der Waals surface area (Å²) in [4.78, 5) is 33.5. The molecule has 9 heteroatoms. The van der Waals surface area contributed by atoms with Crippen molar-refractivity contribution in [2.75, 3.05) is 24.2 Å². The molecule has 2 heterocycles. The third-order valence-electron chi connectivity index (χ3n) is 4.49. The molecule has 1 aromatic carbocycles. The van der Waals surface area contributed by atoms with Crippen LogP contribution in [-0.4, -0.2) is 45.3 Å². The minimum absolute atomic E-state index is 0.141. The summed E-state index contributed by atoms with van der Waals surface area (Å²) in [6, 6.07) is 7.40. The van der Waals surface area contributed by atoms with Crippen LogP contribution in [0.5, 0.6) is 0 Å². The number of piperidine rings is 1. The lowest BCUT2D eigenvalue weighted by atomic mass is 9.97. The number of carboxylic acid groups (broad SMARTS) is 1. The van der Waals surface area contributed by atoms with E-state index in [2.05, 4.69) is 9.97 Å². The number of hydrogen-bond acceptors (Lipinski definition) is 7. The molecular weight excluding hydrogens is 356 g/mol. The zero-order valence-electron chi connectivity index (χ0n) is 14.2. The monoisotopic (exact) mass is 374 g/mol. The van der Waals surface area contributed by atoms with Gasteiger partial charge in [0.1, 0.15) is 6.33 Å². The second-order valence-electron chi connectivity index (χ2n) is 5.98. The molecular formula is C17H18N4O4S. The second-order valence-corrected chi connectivity index (χ2v) is 6.86. The van der Waals surface area contributed by atoms with Crippen molar-refractivity contribution >= 4 is 29.2 Å². The molecule has 1 aromatic heterocycles. The van der Waals surface area contributed by atoms with Crippen LogP contribution >= 0.6 is 11.8 Å². The first kappa shape index (κ1) is 18.1. The highest BCUT2D eigenvalue weighted by molar-refractivity contribution is 7.98. The van der Waals surface area contributed by atoms with Gasteiger partial charge in [0.2, 0.25) is 5.82 Å². The Morgan fingerprint density at radius 3 is 2.46 bits per heavy atom. The summed E-state index contributed by atoms with van der Waals surface area (Å²) in [5.41, 5.74) is 0.782. The number of carboxylic acids is 1. The quantitative estimate of drug-likeness (QED) is 0.483. The molecule has 0 spiro atoms. The Balaban J connectivity index is 1.96. The van der Waals surface area contributed by atoms with Gasteiger partial charge in [-0.05, 0) is 31.2 Å². The predicted octanol–water partition coefficient (Wildman–Crippen LogP) is 3.07. The van der Waals surface area contributed by atoms with Crippen molar-refractivity contribution in [3.05, 3.63) is 40.7 Å². The van der Waals surface area contributed by atoms with Crippen LogP contribution in [0.2, 0.25) is 0 Å². The Morgan fingerprint density at radius 2 is 1.92 bits per heavy atom. The van der Waals surface area contributed by atoms with Gasteiger partial charge < -0.3 is 10.0 Å². The summed E-state index contributed by atoms with van der Waals surface area (Å²) in [7, 11) is 0. The number of aromatic nitrogens is 2. The highest BCUT2D eigenvalue weighted by Crippen LogP contribution is 2.36. The molecule has 1 fully saturated rings. The molecule has 0 amide bonds. The molecule has 26 heavy (non-hydrogen) atoms. The molecule has 0 saturated carbocycles. The van der Waals surface area contributed by atoms with E-state index in [0.29, 0.717) is 31.5 Å². The molecule has 136 valence electrons. The molecule has 8 nitrogen and oxygen atoms in total. The molecule has 2 aromatic rings. The summed E-state index contributed by atoms with van der Waals surface area (Å²) in [5.74, 6) is -0.986. The molecule has 1 N–H and O–H groups in total. The zero-order valence-corrected chi connectivity index (χ0v) is 15.0. The zero-order chi connectivity index (χ0) is 18.7. The van der Waals surface area contributed by atoms with E-state index in [4.69, 9.17) is 5.11 Å². The third kappa shape index (κ3) is 3.62. The van der Waals surface area contributed by atoms with Crippen molar-refractivity contribution in [1.29, 1.82) is 0 Å². The maximum absolute atomic E-state index is 11.8. The third-order valence-corrected chi connectivity index (χ3v) is 5.24. The largest absolute Gasteiger partial charge is 0.481 e. The molecule has 0 radical (unpaired) electrons. The second kappa shape index (κ2) is 7.69. The van der Waals surface area contributed by atoms with Crippen molar-refractivity contribution in [2.24, 2.45) is 5.92 Å². The number of rotatable bonds is 5. The normalized spacial score (nSPS) is 15.0. The summed E-state index contributed by atoms with van der Waals surface area (Å²) in [5, 5.41) is 20.9. The van der Waals surface area contributed by atoms with Gasteiger partial charge in [-0.1, -0.05) is 12.1 Å². The van der Waals surface area contributed by atoms with Crippen molar-refractivity contribution in [2.45, 2.75) is 17.7 Å². The smallest absolute Gasteiger partial charge is 0.337 e. The number of nitrogens with zero attached hydrogens (tertiary/aromatic N) is 4. The predicted molar refractivity (Wildman–Crippen MR) is 98.5 cm³/mol. The molecule has 0 atom stereocenters. The molecule has 1 saturated heterocycles. The number of nitro groups is 1. The maximum atomic E-state index is 11.8. The Bertz CT molecular complexity index is 820. The number of carbonyl (C=O) groups is 1. The van der Waals surface area contributed by atoms with E-state index in [1.54, 1.807) is 16.7 Å². The van der Waals surface area contributed by atoms with E-state index in [0.717, 1.165) is 4.90 Å². The summed E-state index contributed by atoms with van der Waals surface area (Å²) in [6.07, 6.45) is 4.16. The summed E-state index contributed by atoms with van der Waals surface area (Å²) >= 11 is 1.59. The first-order chi connectivity index (χ1) is 12.5. The number of thioether (sulfide) groups is 1. The maximum Gasteiger partial charge on any atom is 0.337 e. The van der Waals surface area contributed by atoms with Crippen molar-refractivity contribution in [1.82, 2.24) is 9.97 Å². The fourth-order valence-electron chi connectivity index (χ4n) is 3.07. The van der Waals surface area contributed by atoms with Crippen LogP contribution in [0.4, 0.5) is 11.5 Å². The van der Waals surface area contributed by atoms with Crippen LogP contribution in [0.25, 0.3) is 11.3 Å². The van der Waals surface area contributed by atoms with E-state index < -0.39 is 16.8 Å². The Morgan fingerprint density at radius 1 is 1.27 bits per heavy atom. The molecule has 0 bridgehead atoms. The first-order valence-corrected chi connectivity index (χ1v) is 9.35. The fourth-order valence-corrected chi connectivity index (χ4v) is 3.48. The molecule has 0 unspecified atom stereocenters. The van der Waals surface area contributed by atoms with Gasteiger partial charge in [-0.2, -0.15) is 0 Å². The Kier molecular flexibility index (Phi) is 5.36. The van der Waals surface area contributed by atoms with Crippen LogP contribution in [0, 0.1) is 16.0 Å². The average Bonchev–Trinajstić information content (AvgIpc) is 2.67. The SMILES string of the molecule is CSc1ccc(-c2ncnc(N3CCC(C(=O)O)CC3)c2[N+](=O)[O-])cc1. The van der Waals surface area contributed by atoms with Gasteiger partial charge in [-0.3, -0.25) is 14.9 Å². The summed E-state index contributed by atoms with van der Waals surface area (Å²) < 4.78 is 0. The van der Waals surface area contributed by atoms with Crippen LogP contribution in [0.3, 0.4) is 0 Å². The minimum Gasteiger partial charge on any atom is -0.481 e. The highest BCUT2D eigenvalue weighted by atomic mass is 32.2. The number of benzene rings is 1. The molecule has 1 aliphatic heterocycles. The van der Waals surface area contributed by atoms with E-state index in [9.17, 15) is 14.9 Å². The average molecular weight is 374 g/mol. The van der Waals surface area contributed by atoms with Crippen LogP contribution in [0.15, 0.2) is 35.5 Å². The minimum atomic E-state index is -0.823. The summed E-state index contributed by atoms with van der Waals surface area (Å²) in [6.45, 7) is 0.833. The van der Waals surface area contributed by atoms with Crippen LogP contribution in [-0.2, 0) is 4.79 Å². The van der Waals surface area contributed by atoms with E-state index >= 15 is 0 Å². The van der Waals surface area contributed by atoms with Gasteiger partial charge in [0, 0.05) is 23.5 Å². The van der Waals surface area contributed by atoms with Crippen molar-refractivity contribution in [3.8, 4) is 11.3 Å².